The van der Waals surface area contributed by atoms with Crippen molar-refractivity contribution in [2.24, 2.45) is 5.41 Å². The van der Waals surface area contributed by atoms with Crippen LogP contribution in [0.5, 0.6) is 0 Å². The minimum Gasteiger partial charge on any atom is -0.359 e. The van der Waals surface area contributed by atoms with Gasteiger partial charge in [-0.3, -0.25) is 9.59 Å². The fourth-order valence-electron chi connectivity index (χ4n) is 1.05. The summed E-state index contributed by atoms with van der Waals surface area (Å²) in [6.45, 7) is 7.47. The van der Waals surface area contributed by atoms with Crippen LogP contribution in [0.15, 0.2) is 0 Å². The van der Waals surface area contributed by atoms with Crippen LogP contribution in [-0.2, 0) is 9.59 Å². The van der Waals surface area contributed by atoms with Crippen LogP contribution in [-0.4, -0.2) is 38.0 Å². The predicted molar refractivity (Wildman–Crippen MR) is 64.0 cm³/mol. The first kappa shape index (κ1) is 14.9. The van der Waals surface area contributed by atoms with Gasteiger partial charge in [0.25, 0.3) is 0 Å². The maximum atomic E-state index is 11.7. The van der Waals surface area contributed by atoms with Gasteiger partial charge in [0, 0.05) is 13.6 Å². The Kier molecular flexibility index (Phi) is 4.93. The molecule has 0 fully saturated rings. The average molecular weight is 229 g/mol. The molecule has 5 heteroatoms. The number of hydrogen-bond acceptors (Lipinski definition) is 3. The van der Waals surface area contributed by atoms with E-state index < -0.39 is 11.0 Å². The SMILES string of the molecule is CNC(=O)C(C)(C)CNC(=O)C(C)(C)NC. The third-order valence-electron chi connectivity index (χ3n) is 2.73. The maximum Gasteiger partial charge on any atom is 0.239 e. The molecule has 0 aromatic heterocycles. The van der Waals surface area contributed by atoms with E-state index in [0.29, 0.717) is 6.54 Å². The van der Waals surface area contributed by atoms with Gasteiger partial charge in [-0.25, -0.2) is 0 Å². The summed E-state index contributed by atoms with van der Waals surface area (Å²) < 4.78 is 0. The number of rotatable bonds is 5. The van der Waals surface area contributed by atoms with Gasteiger partial charge in [0.2, 0.25) is 11.8 Å². The second-order valence-corrected chi connectivity index (χ2v) is 5.02. The van der Waals surface area contributed by atoms with Gasteiger partial charge in [0.1, 0.15) is 0 Å². The molecule has 0 spiro atoms. The quantitative estimate of drug-likeness (QED) is 0.615. The van der Waals surface area contributed by atoms with Gasteiger partial charge in [-0.2, -0.15) is 0 Å². The van der Waals surface area contributed by atoms with Crippen molar-refractivity contribution < 1.29 is 9.59 Å². The molecule has 0 aliphatic heterocycles. The first-order chi connectivity index (χ1) is 7.17. The van der Waals surface area contributed by atoms with E-state index in [-0.39, 0.29) is 11.8 Å². The van der Waals surface area contributed by atoms with Crippen molar-refractivity contribution in [3.63, 3.8) is 0 Å². The van der Waals surface area contributed by atoms with Crippen molar-refractivity contribution in [2.75, 3.05) is 20.6 Å². The number of carbonyl (C=O) groups is 2. The largest absolute Gasteiger partial charge is 0.359 e. The van der Waals surface area contributed by atoms with E-state index in [1.807, 2.05) is 0 Å². The minimum atomic E-state index is -0.626. The van der Waals surface area contributed by atoms with Crippen LogP contribution in [0.1, 0.15) is 27.7 Å². The molecule has 0 aliphatic rings. The molecule has 16 heavy (non-hydrogen) atoms. The summed E-state index contributed by atoms with van der Waals surface area (Å²) in [5, 5.41) is 8.25. The molecule has 5 nitrogen and oxygen atoms in total. The highest BCUT2D eigenvalue weighted by Crippen LogP contribution is 2.13. The molecule has 2 amide bonds. The highest BCUT2D eigenvalue weighted by Gasteiger charge is 2.30. The topological polar surface area (TPSA) is 70.2 Å². The van der Waals surface area contributed by atoms with Gasteiger partial charge >= 0.3 is 0 Å². The van der Waals surface area contributed by atoms with Gasteiger partial charge in [0.15, 0.2) is 0 Å². The number of carbonyl (C=O) groups excluding carboxylic acids is 2. The average Bonchev–Trinajstić information content (AvgIpc) is 2.24. The Labute approximate surface area is 97.4 Å². The van der Waals surface area contributed by atoms with Crippen LogP contribution >= 0.6 is 0 Å². The van der Waals surface area contributed by atoms with Crippen LogP contribution in [0.2, 0.25) is 0 Å². The van der Waals surface area contributed by atoms with E-state index in [1.165, 1.54) is 0 Å². The second-order valence-electron chi connectivity index (χ2n) is 5.02. The Balaban J connectivity index is 4.36. The molecular formula is C11H23N3O2. The minimum absolute atomic E-state index is 0.0879. The summed E-state index contributed by atoms with van der Waals surface area (Å²) in [4.78, 5) is 23.2. The summed E-state index contributed by atoms with van der Waals surface area (Å²) in [5.74, 6) is -0.206. The standard InChI is InChI=1S/C11H23N3O2/c1-10(2,8(15)12-5)7-14-9(16)11(3,4)13-6/h13H,7H2,1-6H3,(H,12,15)(H,14,16). The van der Waals surface area contributed by atoms with Crippen molar-refractivity contribution in [2.45, 2.75) is 33.2 Å². The van der Waals surface area contributed by atoms with Gasteiger partial charge in [0.05, 0.1) is 11.0 Å². The van der Waals surface area contributed by atoms with Crippen LogP contribution in [0.25, 0.3) is 0 Å². The van der Waals surface area contributed by atoms with Crippen LogP contribution in [0.3, 0.4) is 0 Å². The Morgan fingerprint density at radius 1 is 1.00 bits per heavy atom. The van der Waals surface area contributed by atoms with E-state index in [4.69, 9.17) is 0 Å². The molecule has 3 N–H and O–H groups in total. The van der Waals surface area contributed by atoms with Gasteiger partial charge in [-0.15, -0.1) is 0 Å². The zero-order valence-electron chi connectivity index (χ0n) is 11.0. The highest BCUT2D eigenvalue weighted by atomic mass is 16.2. The van der Waals surface area contributed by atoms with Crippen molar-refractivity contribution in [3.8, 4) is 0 Å². The number of hydrogen-bond donors (Lipinski definition) is 3. The lowest BCUT2D eigenvalue weighted by Crippen LogP contribution is -2.54. The van der Waals surface area contributed by atoms with Gasteiger partial charge < -0.3 is 16.0 Å². The lowest BCUT2D eigenvalue weighted by Gasteiger charge is -2.27. The molecule has 0 aromatic rings. The molecule has 0 atom stereocenters. The number of amides is 2. The molecule has 94 valence electrons. The van der Waals surface area contributed by atoms with Gasteiger partial charge in [-0.05, 0) is 34.7 Å². The molecule has 0 saturated carbocycles. The van der Waals surface area contributed by atoms with Gasteiger partial charge in [-0.1, -0.05) is 0 Å². The van der Waals surface area contributed by atoms with E-state index in [0.717, 1.165) is 0 Å². The zero-order chi connectivity index (χ0) is 13.0. The molecular weight excluding hydrogens is 206 g/mol. The lowest BCUT2D eigenvalue weighted by molar-refractivity contribution is -0.130. The van der Waals surface area contributed by atoms with E-state index in [2.05, 4.69) is 16.0 Å². The Morgan fingerprint density at radius 3 is 1.88 bits per heavy atom. The van der Waals surface area contributed by atoms with Crippen LogP contribution < -0.4 is 16.0 Å². The molecule has 0 heterocycles. The Morgan fingerprint density at radius 2 is 1.50 bits per heavy atom. The summed E-state index contributed by atoms with van der Waals surface area (Å²) in [6.07, 6.45) is 0. The molecule has 0 aliphatic carbocycles. The summed E-state index contributed by atoms with van der Waals surface area (Å²) >= 11 is 0. The lowest BCUT2D eigenvalue weighted by atomic mass is 9.91. The van der Waals surface area contributed by atoms with E-state index in [9.17, 15) is 9.59 Å². The maximum absolute atomic E-state index is 11.7. The molecule has 0 aromatic carbocycles. The summed E-state index contributed by atoms with van der Waals surface area (Å²) in [6, 6.07) is 0. The third-order valence-corrected chi connectivity index (χ3v) is 2.73. The van der Waals surface area contributed by atoms with Crippen molar-refractivity contribution >= 4 is 11.8 Å². The highest BCUT2D eigenvalue weighted by molar-refractivity contribution is 5.87. The van der Waals surface area contributed by atoms with Crippen molar-refractivity contribution in [1.82, 2.24) is 16.0 Å². The summed E-state index contributed by atoms with van der Waals surface area (Å²) in [5.41, 5.74) is -1.23. The second kappa shape index (κ2) is 5.30. The number of likely N-dealkylation sites (N-methyl/N-ethyl adjacent to an activating group) is 1. The van der Waals surface area contributed by atoms with Crippen LogP contribution in [0.4, 0.5) is 0 Å². The first-order valence-electron chi connectivity index (χ1n) is 5.37. The predicted octanol–water partition coefficient (Wildman–Crippen LogP) is -0.127. The zero-order valence-corrected chi connectivity index (χ0v) is 11.0. The number of nitrogens with one attached hydrogen (secondary N) is 3. The Bertz CT molecular complexity index is 272. The molecule has 0 unspecified atom stereocenters. The fraction of sp³-hybridized carbons (Fsp3) is 0.818. The molecule has 0 rings (SSSR count). The van der Waals surface area contributed by atoms with Crippen molar-refractivity contribution in [3.05, 3.63) is 0 Å². The van der Waals surface area contributed by atoms with Crippen molar-refractivity contribution in [1.29, 1.82) is 0 Å². The first-order valence-corrected chi connectivity index (χ1v) is 5.37. The normalized spacial score (nSPS) is 12.1. The van der Waals surface area contributed by atoms with Crippen LogP contribution in [0, 0.1) is 5.41 Å². The smallest absolute Gasteiger partial charge is 0.239 e. The molecule has 0 radical (unpaired) electrons. The fourth-order valence-corrected chi connectivity index (χ4v) is 1.05. The molecule has 0 bridgehead atoms. The third kappa shape index (κ3) is 3.81. The summed E-state index contributed by atoms with van der Waals surface area (Å²) in [7, 11) is 3.31. The molecule has 0 saturated heterocycles. The van der Waals surface area contributed by atoms with E-state index >= 15 is 0 Å². The monoisotopic (exact) mass is 229 g/mol. The van der Waals surface area contributed by atoms with E-state index in [1.54, 1.807) is 41.8 Å². The Hall–Kier alpha value is -1.10.